The van der Waals surface area contributed by atoms with Crippen molar-refractivity contribution in [1.29, 1.82) is 0 Å². The summed E-state index contributed by atoms with van der Waals surface area (Å²) in [6, 6.07) is 13.3. The molecular weight excluding hydrogens is 324 g/mol. The molecule has 0 saturated carbocycles. The monoisotopic (exact) mass is 342 g/mol. The Hall–Kier alpha value is -3.00. The first-order valence-electron chi connectivity index (χ1n) is 7.98. The van der Waals surface area contributed by atoms with Gasteiger partial charge in [0.1, 0.15) is 0 Å². The van der Waals surface area contributed by atoms with Crippen LogP contribution in [0.3, 0.4) is 0 Å². The molecule has 0 bridgehead atoms. The second kappa shape index (κ2) is 7.27. The summed E-state index contributed by atoms with van der Waals surface area (Å²) in [6.07, 6.45) is 0. The van der Waals surface area contributed by atoms with Crippen LogP contribution in [-0.4, -0.2) is 40.9 Å². The van der Waals surface area contributed by atoms with Gasteiger partial charge in [-0.1, -0.05) is 18.2 Å². The number of non-ortho nitro benzene ring substituents is 1. The minimum absolute atomic E-state index is 0.0822. The number of hydrogen-bond acceptors (Lipinski definition) is 6. The lowest BCUT2D eigenvalue weighted by Gasteiger charge is -2.36. The van der Waals surface area contributed by atoms with Crippen molar-refractivity contribution in [3.63, 3.8) is 0 Å². The van der Waals surface area contributed by atoms with Crippen molar-refractivity contribution in [3.05, 3.63) is 74.3 Å². The summed E-state index contributed by atoms with van der Waals surface area (Å²) in [4.78, 5) is 25.4. The van der Waals surface area contributed by atoms with Crippen molar-refractivity contribution in [3.8, 4) is 0 Å². The van der Waals surface area contributed by atoms with Crippen LogP contribution in [0.1, 0.15) is 5.56 Å². The first-order chi connectivity index (χ1) is 12.0. The van der Waals surface area contributed by atoms with Gasteiger partial charge in [0, 0.05) is 62.2 Å². The van der Waals surface area contributed by atoms with Crippen molar-refractivity contribution in [2.24, 2.45) is 0 Å². The lowest BCUT2D eigenvalue weighted by Crippen LogP contribution is -2.46. The van der Waals surface area contributed by atoms with E-state index in [0.29, 0.717) is 6.54 Å². The predicted molar refractivity (Wildman–Crippen MR) is 93.7 cm³/mol. The average Bonchev–Trinajstić information content (AvgIpc) is 2.63. The molecule has 0 aromatic heterocycles. The molecule has 8 nitrogen and oxygen atoms in total. The number of nitrogens with zero attached hydrogens (tertiary/aromatic N) is 4. The molecule has 1 heterocycles. The maximum absolute atomic E-state index is 11.1. The smallest absolute Gasteiger partial charge is 0.273 e. The van der Waals surface area contributed by atoms with Crippen LogP contribution in [0, 0.1) is 20.2 Å². The predicted octanol–water partition coefficient (Wildman–Crippen LogP) is 2.83. The summed E-state index contributed by atoms with van der Waals surface area (Å²) in [5, 5.41) is 21.8. The normalized spacial score (nSPS) is 15.1. The second-order valence-corrected chi connectivity index (χ2v) is 5.92. The standard InChI is InChI=1S/C17H18N4O4/c22-20(23)16-7-5-15(6-8-16)19-11-9-18(10-12-19)13-14-3-1-2-4-17(14)21(24)25/h1-8H,9-13H2. The number of para-hydroxylation sites is 1. The number of rotatable bonds is 5. The Bertz CT molecular complexity index is 770. The molecule has 130 valence electrons. The first-order valence-corrected chi connectivity index (χ1v) is 7.98. The summed E-state index contributed by atoms with van der Waals surface area (Å²) >= 11 is 0. The van der Waals surface area contributed by atoms with Crippen LogP contribution < -0.4 is 4.90 Å². The zero-order valence-corrected chi connectivity index (χ0v) is 13.6. The highest BCUT2D eigenvalue weighted by Gasteiger charge is 2.21. The zero-order chi connectivity index (χ0) is 17.8. The molecule has 1 aliphatic heterocycles. The number of nitro benzene ring substituents is 2. The van der Waals surface area contributed by atoms with Gasteiger partial charge in [0.2, 0.25) is 0 Å². The van der Waals surface area contributed by atoms with E-state index in [2.05, 4.69) is 9.80 Å². The van der Waals surface area contributed by atoms with Crippen molar-refractivity contribution < 1.29 is 9.85 Å². The molecule has 2 aromatic rings. The van der Waals surface area contributed by atoms with Gasteiger partial charge in [0.25, 0.3) is 11.4 Å². The summed E-state index contributed by atoms with van der Waals surface area (Å²) in [5.74, 6) is 0. The van der Waals surface area contributed by atoms with Crippen LogP contribution in [0.25, 0.3) is 0 Å². The number of benzene rings is 2. The summed E-state index contributed by atoms with van der Waals surface area (Å²) < 4.78 is 0. The van der Waals surface area contributed by atoms with Crippen LogP contribution in [-0.2, 0) is 6.54 Å². The average molecular weight is 342 g/mol. The molecule has 0 N–H and O–H groups in total. The van der Waals surface area contributed by atoms with Gasteiger partial charge in [-0.15, -0.1) is 0 Å². The fourth-order valence-corrected chi connectivity index (χ4v) is 3.01. The number of piperazine rings is 1. The Morgan fingerprint density at radius 3 is 2.08 bits per heavy atom. The molecule has 1 saturated heterocycles. The number of hydrogen-bond donors (Lipinski definition) is 0. The van der Waals surface area contributed by atoms with E-state index in [9.17, 15) is 20.2 Å². The molecule has 25 heavy (non-hydrogen) atoms. The minimum Gasteiger partial charge on any atom is -0.369 e. The van der Waals surface area contributed by atoms with Crippen molar-refractivity contribution >= 4 is 17.1 Å². The maximum Gasteiger partial charge on any atom is 0.273 e. The molecule has 3 rings (SSSR count). The van der Waals surface area contributed by atoms with E-state index in [4.69, 9.17) is 0 Å². The third kappa shape index (κ3) is 3.92. The molecule has 1 aliphatic rings. The van der Waals surface area contributed by atoms with Crippen LogP contribution in [0.5, 0.6) is 0 Å². The highest BCUT2D eigenvalue weighted by molar-refractivity contribution is 5.51. The van der Waals surface area contributed by atoms with Crippen molar-refractivity contribution in [2.45, 2.75) is 6.54 Å². The molecule has 1 fully saturated rings. The molecule has 0 atom stereocenters. The number of nitro groups is 2. The molecule has 0 spiro atoms. The largest absolute Gasteiger partial charge is 0.369 e. The van der Waals surface area contributed by atoms with Crippen molar-refractivity contribution in [2.75, 3.05) is 31.1 Å². The SMILES string of the molecule is O=[N+]([O-])c1ccc(N2CCN(Cc3ccccc3[N+](=O)[O-])CC2)cc1. The molecule has 0 radical (unpaired) electrons. The fourth-order valence-electron chi connectivity index (χ4n) is 3.01. The van der Waals surface area contributed by atoms with Gasteiger partial charge in [0.15, 0.2) is 0 Å². The minimum atomic E-state index is -0.408. The fraction of sp³-hybridized carbons (Fsp3) is 0.294. The summed E-state index contributed by atoms with van der Waals surface area (Å²) in [5.41, 5.74) is 1.91. The Balaban J connectivity index is 1.60. The number of anilines is 1. The van der Waals surface area contributed by atoms with Gasteiger partial charge >= 0.3 is 0 Å². The van der Waals surface area contributed by atoms with Gasteiger partial charge in [0.05, 0.1) is 9.85 Å². The van der Waals surface area contributed by atoms with E-state index < -0.39 is 4.92 Å². The lowest BCUT2D eigenvalue weighted by molar-refractivity contribution is -0.385. The van der Waals surface area contributed by atoms with Gasteiger partial charge in [-0.05, 0) is 12.1 Å². The summed E-state index contributed by atoms with van der Waals surface area (Å²) in [7, 11) is 0. The molecule has 0 aliphatic carbocycles. The quantitative estimate of drug-likeness (QED) is 0.613. The first kappa shape index (κ1) is 16.8. The van der Waals surface area contributed by atoms with Crippen LogP contribution in [0.2, 0.25) is 0 Å². The van der Waals surface area contributed by atoms with Gasteiger partial charge < -0.3 is 4.90 Å². The van der Waals surface area contributed by atoms with Crippen LogP contribution in [0.4, 0.5) is 17.1 Å². The molecule has 0 amide bonds. The third-order valence-electron chi connectivity index (χ3n) is 4.38. The van der Waals surface area contributed by atoms with E-state index in [0.717, 1.165) is 37.4 Å². The molecule has 2 aromatic carbocycles. The van der Waals surface area contributed by atoms with E-state index in [1.165, 1.54) is 18.2 Å². The van der Waals surface area contributed by atoms with Crippen LogP contribution in [0.15, 0.2) is 48.5 Å². The van der Waals surface area contributed by atoms with E-state index in [1.807, 2.05) is 6.07 Å². The molecule has 8 heteroatoms. The van der Waals surface area contributed by atoms with Gasteiger partial charge in [-0.25, -0.2) is 0 Å². The van der Waals surface area contributed by atoms with E-state index >= 15 is 0 Å². The van der Waals surface area contributed by atoms with Crippen molar-refractivity contribution in [1.82, 2.24) is 4.90 Å². The van der Waals surface area contributed by atoms with E-state index in [1.54, 1.807) is 24.3 Å². The van der Waals surface area contributed by atoms with Gasteiger partial charge in [-0.2, -0.15) is 0 Å². The van der Waals surface area contributed by atoms with Crippen LogP contribution >= 0.6 is 0 Å². The highest BCUT2D eigenvalue weighted by atomic mass is 16.6. The second-order valence-electron chi connectivity index (χ2n) is 5.92. The van der Waals surface area contributed by atoms with E-state index in [-0.39, 0.29) is 16.3 Å². The molecule has 0 unspecified atom stereocenters. The topological polar surface area (TPSA) is 92.8 Å². The maximum atomic E-state index is 11.1. The highest BCUT2D eigenvalue weighted by Crippen LogP contribution is 2.23. The Labute approximate surface area is 144 Å². The third-order valence-corrected chi connectivity index (χ3v) is 4.38. The Morgan fingerprint density at radius 1 is 0.840 bits per heavy atom. The Kier molecular flexibility index (Phi) is 4.90. The zero-order valence-electron chi connectivity index (χ0n) is 13.6. The summed E-state index contributed by atoms with van der Waals surface area (Å²) in [6.45, 7) is 3.66. The molecular formula is C17H18N4O4. The Morgan fingerprint density at radius 2 is 1.48 bits per heavy atom. The lowest BCUT2D eigenvalue weighted by atomic mass is 10.1. The van der Waals surface area contributed by atoms with Gasteiger partial charge in [-0.3, -0.25) is 25.1 Å².